The number of pyridine rings is 1. The predicted molar refractivity (Wildman–Crippen MR) is 81.5 cm³/mol. The quantitative estimate of drug-likeness (QED) is 0.939. The molecule has 1 aliphatic heterocycles. The molecule has 4 heteroatoms. The molecule has 0 aliphatic carbocycles. The molecule has 1 saturated heterocycles. The van der Waals surface area contributed by atoms with Gasteiger partial charge in [0.1, 0.15) is 0 Å². The van der Waals surface area contributed by atoms with Gasteiger partial charge in [-0.1, -0.05) is 12.1 Å². The van der Waals surface area contributed by atoms with Gasteiger partial charge in [0.15, 0.2) is 0 Å². The predicted octanol–water partition coefficient (Wildman–Crippen LogP) is 3.09. The van der Waals surface area contributed by atoms with Crippen LogP contribution in [0.1, 0.15) is 29.5 Å². The number of rotatable bonds is 4. The molecule has 0 amide bonds. The van der Waals surface area contributed by atoms with Crippen LogP contribution in [0.3, 0.4) is 0 Å². The summed E-state index contributed by atoms with van der Waals surface area (Å²) >= 11 is 1.82. The Balaban J connectivity index is 1.53. The number of likely N-dealkylation sites (tertiary alicyclic amines) is 1. The molecule has 3 nitrogen and oxygen atoms in total. The van der Waals surface area contributed by atoms with Gasteiger partial charge in [-0.25, -0.2) is 0 Å². The third-order valence-corrected chi connectivity index (χ3v) is 4.89. The highest BCUT2D eigenvalue weighted by Crippen LogP contribution is 2.30. The summed E-state index contributed by atoms with van der Waals surface area (Å²) in [6, 6.07) is 10.1. The lowest BCUT2D eigenvalue weighted by molar-refractivity contribution is 0.0542. The Kier molecular flexibility index (Phi) is 4.45. The van der Waals surface area contributed by atoms with E-state index in [1.807, 2.05) is 29.5 Å². The summed E-state index contributed by atoms with van der Waals surface area (Å²) in [5.74, 6) is 0.337. The smallest absolute Gasteiger partial charge is 0.0988 e. The minimum atomic E-state index is -0.417. The van der Waals surface area contributed by atoms with Crippen LogP contribution in [0.25, 0.3) is 0 Å². The fraction of sp³-hybridized carbons (Fsp3) is 0.438. The number of thiophene rings is 1. The van der Waals surface area contributed by atoms with Crippen LogP contribution in [0.15, 0.2) is 41.9 Å². The second-order valence-corrected chi connectivity index (χ2v) is 6.42. The Hall–Kier alpha value is -1.23. The molecule has 0 aromatic carbocycles. The number of aromatic nitrogens is 1. The van der Waals surface area contributed by atoms with Crippen molar-refractivity contribution in [3.05, 3.63) is 52.5 Å². The van der Waals surface area contributed by atoms with E-state index in [1.54, 1.807) is 6.20 Å². The van der Waals surface area contributed by atoms with E-state index in [9.17, 15) is 5.11 Å². The maximum absolute atomic E-state index is 10.4. The summed E-state index contributed by atoms with van der Waals surface area (Å²) in [7, 11) is 0. The van der Waals surface area contributed by atoms with Crippen LogP contribution in [-0.4, -0.2) is 28.1 Å². The van der Waals surface area contributed by atoms with E-state index in [0.717, 1.165) is 38.2 Å². The van der Waals surface area contributed by atoms with Gasteiger partial charge in [-0.05, 0) is 55.4 Å². The number of aliphatic hydroxyl groups is 1. The van der Waals surface area contributed by atoms with Gasteiger partial charge in [0.25, 0.3) is 0 Å². The Morgan fingerprint density at radius 2 is 2.10 bits per heavy atom. The van der Waals surface area contributed by atoms with Gasteiger partial charge in [0.05, 0.1) is 11.8 Å². The first-order valence-electron chi connectivity index (χ1n) is 7.16. The molecule has 1 aliphatic rings. The first kappa shape index (κ1) is 13.7. The van der Waals surface area contributed by atoms with Gasteiger partial charge < -0.3 is 5.11 Å². The lowest BCUT2D eigenvalue weighted by Crippen LogP contribution is -2.35. The van der Waals surface area contributed by atoms with Crippen LogP contribution >= 0.6 is 11.3 Å². The van der Waals surface area contributed by atoms with Crippen molar-refractivity contribution in [1.82, 2.24) is 9.88 Å². The van der Waals surface area contributed by atoms with Gasteiger partial charge in [0.2, 0.25) is 0 Å². The molecule has 0 unspecified atom stereocenters. The Morgan fingerprint density at radius 3 is 2.75 bits per heavy atom. The number of nitrogens with zero attached hydrogens (tertiary/aromatic N) is 2. The summed E-state index contributed by atoms with van der Waals surface area (Å²) in [6.45, 7) is 3.17. The summed E-state index contributed by atoms with van der Waals surface area (Å²) in [5, 5.41) is 12.5. The molecule has 106 valence electrons. The van der Waals surface area contributed by atoms with Crippen molar-refractivity contribution in [3.63, 3.8) is 0 Å². The monoisotopic (exact) mass is 288 g/mol. The third kappa shape index (κ3) is 3.26. The summed E-state index contributed by atoms with van der Waals surface area (Å²) in [4.78, 5) is 8.18. The zero-order chi connectivity index (χ0) is 13.8. The summed E-state index contributed by atoms with van der Waals surface area (Å²) in [6.07, 6.45) is 3.43. The van der Waals surface area contributed by atoms with Crippen LogP contribution in [0, 0.1) is 5.92 Å². The lowest BCUT2D eigenvalue weighted by Gasteiger charge is -2.33. The Labute approximate surface area is 123 Å². The molecule has 2 aromatic rings. The molecule has 1 N–H and O–H groups in total. The maximum Gasteiger partial charge on any atom is 0.0988 e. The average molecular weight is 288 g/mol. The molecule has 2 aromatic heterocycles. The minimum Gasteiger partial charge on any atom is -0.387 e. The molecule has 20 heavy (non-hydrogen) atoms. The van der Waals surface area contributed by atoms with Crippen LogP contribution in [0.5, 0.6) is 0 Å². The molecule has 0 bridgehead atoms. The van der Waals surface area contributed by atoms with E-state index in [4.69, 9.17) is 0 Å². The minimum absolute atomic E-state index is 0.337. The topological polar surface area (TPSA) is 36.4 Å². The molecular formula is C16H20N2OS. The molecule has 1 fully saturated rings. The van der Waals surface area contributed by atoms with E-state index in [0.29, 0.717) is 5.92 Å². The summed E-state index contributed by atoms with van der Waals surface area (Å²) in [5.41, 5.74) is 0.809. The van der Waals surface area contributed by atoms with Crippen LogP contribution in [-0.2, 0) is 6.54 Å². The molecule has 3 rings (SSSR count). The van der Waals surface area contributed by atoms with E-state index in [2.05, 4.69) is 27.4 Å². The second-order valence-electron chi connectivity index (χ2n) is 5.39. The first-order chi connectivity index (χ1) is 9.83. The molecule has 0 saturated carbocycles. The van der Waals surface area contributed by atoms with Gasteiger partial charge >= 0.3 is 0 Å². The first-order valence-corrected chi connectivity index (χ1v) is 8.04. The second kappa shape index (κ2) is 6.48. The Bertz CT molecular complexity index is 507. The number of hydrogen-bond acceptors (Lipinski definition) is 4. The maximum atomic E-state index is 10.4. The Morgan fingerprint density at radius 1 is 1.25 bits per heavy atom. The van der Waals surface area contributed by atoms with Crippen LogP contribution in [0.2, 0.25) is 0 Å². The number of piperidine rings is 1. The van der Waals surface area contributed by atoms with Crippen molar-refractivity contribution in [3.8, 4) is 0 Å². The zero-order valence-corrected chi connectivity index (χ0v) is 12.3. The summed E-state index contributed by atoms with van der Waals surface area (Å²) < 4.78 is 0. The van der Waals surface area contributed by atoms with E-state index < -0.39 is 6.10 Å². The van der Waals surface area contributed by atoms with Crippen LogP contribution in [0.4, 0.5) is 0 Å². The van der Waals surface area contributed by atoms with Gasteiger partial charge in [-0.3, -0.25) is 9.88 Å². The molecule has 1 atom stereocenters. The van der Waals surface area contributed by atoms with Gasteiger partial charge in [-0.2, -0.15) is 0 Å². The van der Waals surface area contributed by atoms with Gasteiger partial charge in [0, 0.05) is 17.6 Å². The largest absolute Gasteiger partial charge is 0.387 e. The highest BCUT2D eigenvalue weighted by molar-refractivity contribution is 7.09. The van der Waals surface area contributed by atoms with Crippen molar-refractivity contribution in [1.29, 1.82) is 0 Å². The molecule has 0 radical (unpaired) electrons. The van der Waals surface area contributed by atoms with E-state index in [-0.39, 0.29) is 0 Å². The van der Waals surface area contributed by atoms with Crippen molar-refractivity contribution in [2.24, 2.45) is 5.92 Å². The van der Waals surface area contributed by atoms with E-state index in [1.165, 1.54) is 4.88 Å². The van der Waals surface area contributed by atoms with Crippen LogP contribution < -0.4 is 0 Å². The highest BCUT2D eigenvalue weighted by Gasteiger charge is 2.26. The standard InChI is InChI=1S/C16H20N2OS/c19-16(15-5-1-2-8-17-15)13-6-9-18(10-7-13)12-14-4-3-11-20-14/h1-5,8,11,13,16,19H,6-7,9-10,12H2/t16-/m1/s1. The third-order valence-electron chi connectivity index (χ3n) is 4.03. The normalized spacial score (nSPS) is 19.1. The number of aliphatic hydroxyl groups excluding tert-OH is 1. The van der Waals surface area contributed by atoms with Crippen molar-refractivity contribution < 1.29 is 5.11 Å². The average Bonchev–Trinajstić information content (AvgIpc) is 3.01. The molecule has 3 heterocycles. The lowest BCUT2D eigenvalue weighted by atomic mass is 9.89. The fourth-order valence-corrected chi connectivity index (χ4v) is 3.59. The van der Waals surface area contributed by atoms with Crippen molar-refractivity contribution >= 4 is 11.3 Å². The molecule has 0 spiro atoms. The molecular weight excluding hydrogens is 268 g/mol. The van der Waals surface area contributed by atoms with Gasteiger partial charge in [-0.15, -0.1) is 11.3 Å². The van der Waals surface area contributed by atoms with Crippen molar-refractivity contribution in [2.75, 3.05) is 13.1 Å². The zero-order valence-electron chi connectivity index (χ0n) is 11.5. The van der Waals surface area contributed by atoms with Crippen molar-refractivity contribution in [2.45, 2.75) is 25.5 Å². The fourth-order valence-electron chi connectivity index (χ4n) is 2.84. The van der Waals surface area contributed by atoms with E-state index >= 15 is 0 Å². The highest BCUT2D eigenvalue weighted by atomic mass is 32.1. The number of hydrogen-bond donors (Lipinski definition) is 1. The SMILES string of the molecule is O[C@@H](c1ccccn1)C1CCN(Cc2cccs2)CC1.